The van der Waals surface area contributed by atoms with E-state index in [2.05, 4.69) is 30.0 Å². The average molecular weight is 382 g/mol. The highest BCUT2D eigenvalue weighted by atomic mass is 16.6. The summed E-state index contributed by atoms with van der Waals surface area (Å²) < 4.78 is 5.04. The van der Waals surface area contributed by atoms with Crippen LogP contribution >= 0.6 is 0 Å². The minimum atomic E-state index is -0.560. The van der Waals surface area contributed by atoms with E-state index >= 15 is 0 Å². The lowest BCUT2D eigenvalue weighted by atomic mass is 10.1. The van der Waals surface area contributed by atoms with Gasteiger partial charge in [0.1, 0.15) is 5.39 Å². The molecular formula is C18H18N6O4. The third kappa shape index (κ3) is 3.61. The monoisotopic (exact) mass is 382 g/mol. The Bertz CT molecular complexity index is 1130. The minimum Gasteiger partial charge on any atom is -0.403 e. The Kier molecular flexibility index (Phi) is 4.83. The average Bonchev–Trinajstić information content (AvgIpc) is 2.72. The van der Waals surface area contributed by atoms with Crippen LogP contribution < -0.4 is 20.9 Å². The molecular weight excluding hydrogens is 364 g/mol. The standard InChI is InChI=1S/C18H18N6O4/c1-2-11-10-13(25)27-16-14(11)15(26)21-18(22-16)28-23-12-4-8-24(9-5-12)17-19-6-3-7-20-17/h3,6-7,10H,2,4-5,8-9H2,1H3,(H,21,22,26). The van der Waals surface area contributed by atoms with Crippen molar-refractivity contribution in [3.63, 3.8) is 0 Å². The second kappa shape index (κ2) is 7.59. The van der Waals surface area contributed by atoms with Crippen LogP contribution in [0.3, 0.4) is 0 Å². The highest BCUT2D eigenvalue weighted by Crippen LogP contribution is 2.16. The van der Waals surface area contributed by atoms with Gasteiger partial charge in [0.05, 0.1) is 5.71 Å². The molecule has 0 aliphatic carbocycles. The summed E-state index contributed by atoms with van der Waals surface area (Å²) in [6.07, 6.45) is 5.27. The van der Waals surface area contributed by atoms with Crippen molar-refractivity contribution in [2.75, 3.05) is 18.0 Å². The van der Waals surface area contributed by atoms with Gasteiger partial charge in [0.15, 0.2) is 0 Å². The summed E-state index contributed by atoms with van der Waals surface area (Å²) in [7, 11) is 0. The molecule has 0 bridgehead atoms. The van der Waals surface area contributed by atoms with Gasteiger partial charge >= 0.3 is 11.6 Å². The molecule has 144 valence electrons. The SMILES string of the molecule is CCc1cc(=O)oc2nc(ON=C3CCN(c4ncccn4)CC3)[nH]c(=O)c12. The molecule has 0 amide bonds. The predicted molar refractivity (Wildman–Crippen MR) is 102 cm³/mol. The number of oxime groups is 1. The number of anilines is 1. The van der Waals surface area contributed by atoms with Crippen LogP contribution in [-0.2, 0) is 6.42 Å². The van der Waals surface area contributed by atoms with Crippen molar-refractivity contribution in [3.8, 4) is 6.01 Å². The van der Waals surface area contributed by atoms with Crippen LogP contribution in [0.15, 0.2) is 43.7 Å². The highest BCUT2D eigenvalue weighted by Gasteiger charge is 2.18. The van der Waals surface area contributed by atoms with Gasteiger partial charge < -0.3 is 14.2 Å². The van der Waals surface area contributed by atoms with E-state index < -0.39 is 11.2 Å². The molecule has 0 saturated carbocycles. The molecule has 4 heterocycles. The maximum Gasteiger partial charge on any atom is 0.337 e. The zero-order valence-electron chi connectivity index (χ0n) is 15.2. The van der Waals surface area contributed by atoms with Gasteiger partial charge in [-0.3, -0.25) is 9.78 Å². The van der Waals surface area contributed by atoms with Crippen LogP contribution in [0.25, 0.3) is 11.1 Å². The van der Waals surface area contributed by atoms with Crippen molar-refractivity contribution in [1.82, 2.24) is 19.9 Å². The molecule has 10 nitrogen and oxygen atoms in total. The van der Waals surface area contributed by atoms with Crippen molar-refractivity contribution in [2.24, 2.45) is 5.16 Å². The largest absolute Gasteiger partial charge is 0.403 e. The number of aryl methyl sites for hydroxylation is 1. The maximum atomic E-state index is 12.3. The van der Waals surface area contributed by atoms with E-state index in [4.69, 9.17) is 9.25 Å². The first-order valence-corrected chi connectivity index (χ1v) is 8.96. The summed E-state index contributed by atoms with van der Waals surface area (Å²) in [6, 6.07) is 2.96. The van der Waals surface area contributed by atoms with E-state index in [0.29, 0.717) is 43.9 Å². The molecule has 1 fully saturated rings. The summed E-state index contributed by atoms with van der Waals surface area (Å²) in [5.41, 5.74) is 0.360. The van der Waals surface area contributed by atoms with Gasteiger partial charge in [-0.2, -0.15) is 4.98 Å². The Morgan fingerprint density at radius 1 is 1.25 bits per heavy atom. The lowest BCUT2D eigenvalue weighted by Crippen LogP contribution is -2.35. The Morgan fingerprint density at radius 2 is 2.00 bits per heavy atom. The predicted octanol–water partition coefficient (Wildman–Crippen LogP) is 1.26. The molecule has 0 radical (unpaired) electrons. The summed E-state index contributed by atoms with van der Waals surface area (Å²) in [6.45, 7) is 3.27. The highest BCUT2D eigenvalue weighted by molar-refractivity contribution is 5.86. The fraction of sp³-hybridized carbons (Fsp3) is 0.333. The van der Waals surface area contributed by atoms with Crippen molar-refractivity contribution in [2.45, 2.75) is 26.2 Å². The molecule has 0 spiro atoms. The number of aromatic amines is 1. The minimum absolute atomic E-state index is 0.0562. The van der Waals surface area contributed by atoms with Gasteiger partial charge in [-0.25, -0.2) is 14.8 Å². The molecule has 28 heavy (non-hydrogen) atoms. The van der Waals surface area contributed by atoms with Crippen LogP contribution in [0, 0.1) is 0 Å². The topological polar surface area (TPSA) is 127 Å². The van der Waals surface area contributed by atoms with Crippen molar-refractivity contribution < 1.29 is 9.25 Å². The number of piperidine rings is 1. The van der Waals surface area contributed by atoms with Crippen molar-refractivity contribution in [3.05, 3.63) is 50.9 Å². The van der Waals surface area contributed by atoms with E-state index in [1.165, 1.54) is 6.07 Å². The number of nitrogens with zero attached hydrogens (tertiary/aromatic N) is 5. The van der Waals surface area contributed by atoms with Crippen molar-refractivity contribution in [1.29, 1.82) is 0 Å². The van der Waals surface area contributed by atoms with Gasteiger partial charge in [0.25, 0.3) is 5.56 Å². The van der Waals surface area contributed by atoms with E-state index in [0.717, 1.165) is 5.71 Å². The second-order valence-corrected chi connectivity index (χ2v) is 6.28. The summed E-state index contributed by atoms with van der Waals surface area (Å²) >= 11 is 0. The first-order chi connectivity index (χ1) is 13.6. The Morgan fingerprint density at radius 3 is 2.71 bits per heavy atom. The fourth-order valence-electron chi connectivity index (χ4n) is 3.07. The van der Waals surface area contributed by atoms with Gasteiger partial charge in [-0.05, 0) is 18.1 Å². The second-order valence-electron chi connectivity index (χ2n) is 6.28. The Labute approximate surface area is 158 Å². The van der Waals surface area contributed by atoms with Crippen LogP contribution in [-0.4, -0.2) is 38.7 Å². The maximum absolute atomic E-state index is 12.3. The first kappa shape index (κ1) is 17.8. The molecule has 0 aromatic carbocycles. The normalized spacial score (nSPS) is 14.3. The summed E-state index contributed by atoms with van der Waals surface area (Å²) in [5, 5.41) is 4.34. The van der Waals surface area contributed by atoms with Crippen LogP contribution in [0.5, 0.6) is 6.01 Å². The fourth-order valence-corrected chi connectivity index (χ4v) is 3.07. The number of H-pyrrole nitrogens is 1. The third-order valence-corrected chi connectivity index (χ3v) is 4.49. The van der Waals surface area contributed by atoms with Gasteiger partial charge in [0.2, 0.25) is 11.7 Å². The van der Waals surface area contributed by atoms with E-state index in [1.807, 2.05) is 6.92 Å². The van der Waals surface area contributed by atoms with Gasteiger partial charge in [-0.1, -0.05) is 12.1 Å². The summed E-state index contributed by atoms with van der Waals surface area (Å²) in [4.78, 5) is 46.4. The quantitative estimate of drug-likeness (QED) is 0.668. The number of aromatic nitrogens is 4. The molecule has 1 aliphatic heterocycles. The molecule has 3 aromatic heterocycles. The number of hydrogen-bond acceptors (Lipinski definition) is 9. The van der Waals surface area contributed by atoms with E-state index in [-0.39, 0.29) is 17.1 Å². The molecule has 1 N–H and O–H groups in total. The van der Waals surface area contributed by atoms with Gasteiger partial charge in [-0.15, -0.1) is 0 Å². The number of rotatable bonds is 4. The molecule has 1 aliphatic rings. The number of fused-ring (bicyclic) bond motifs is 1. The van der Waals surface area contributed by atoms with E-state index in [1.54, 1.807) is 18.5 Å². The molecule has 0 atom stereocenters. The smallest absolute Gasteiger partial charge is 0.337 e. The molecule has 1 saturated heterocycles. The number of nitrogens with one attached hydrogen (secondary N) is 1. The van der Waals surface area contributed by atoms with Crippen LogP contribution in [0.2, 0.25) is 0 Å². The lowest BCUT2D eigenvalue weighted by molar-refractivity contribution is 0.308. The van der Waals surface area contributed by atoms with Gasteiger partial charge in [0, 0.05) is 44.4 Å². The zero-order chi connectivity index (χ0) is 19.5. The molecule has 10 heteroatoms. The summed E-state index contributed by atoms with van der Waals surface area (Å²) in [5.74, 6) is 0.685. The van der Waals surface area contributed by atoms with Crippen molar-refractivity contribution >= 4 is 22.8 Å². The van der Waals surface area contributed by atoms with E-state index in [9.17, 15) is 9.59 Å². The third-order valence-electron chi connectivity index (χ3n) is 4.49. The first-order valence-electron chi connectivity index (χ1n) is 8.96. The Balaban J connectivity index is 1.50. The van der Waals surface area contributed by atoms with Crippen LogP contribution in [0.1, 0.15) is 25.3 Å². The Hall–Kier alpha value is -3.56. The molecule has 3 aromatic rings. The van der Waals surface area contributed by atoms with Crippen LogP contribution in [0.4, 0.5) is 5.95 Å². The number of hydrogen-bond donors (Lipinski definition) is 1. The lowest BCUT2D eigenvalue weighted by Gasteiger charge is -2.26. The molecule has 4 rings (SSSR count). The molecule has 0 unspecified atom stereocenters. The zero-order valence-corrected chi connectivity index (χ0v) is 15.2.